The number of primary amides is 1. The number of carboxylic acid groups (broad SMARTS) is 1. The van der Waals surface area contributed by atoms with Gasteiger partial charge in [0.25, 0.3) is 0 Å². The van der Waals surface area contributed by atoms with Crippen LogP contribution in [0.15, 0.2) is 34.3 Å². The number of phenolic OH excluding ortho intramolecular Hbond substituents is 1. The minimum absolute atomic E-state index is 0.000851. The van der Waals surface area contributed by atoms with Crippen LogP contribution in [0.2, 0.25) is 0 Å². The molecule has 0 aliphatic carbocycles. The number of likely N-dealkylation sites (tertiary alicyclic amines) is 5. The number of phenols is 1. The highest BCUT2D eigenvalue weighted by molar-refractivity contribution is 6.02. The molecule has 18 atom stereocenters. The number of aliphatic hydroxyl groups excluding tert-OH is 1. The molecule has 1 aromatic rings. The van der Waals surface area contributed by atoms with Crippen LogP contribution in [0.25, 0.3) is 0 Å². The molecule has 5 saturated heterocycles. The fourth-order valence-electron chi connectivity index (χ4n) is 16.1. The van der Waals surface area contributed by atoms with Crippen molar-refractivity contribution in [2.45, 2.75) is 293 Å². The summed E-state index contributed by atoms with van der Waals surface area (Å²) in [6.45, 7) is 13.9. The molecule has 686 valence electrons. The summed E-state index contributed by atoms with van der Waals surface area (Å²) in [5.41, 5.74) is 40.2. The Kier molecular flexibility index (Phi) is 39.9. The fourth-order valence-corrected chi connectivity index (χ4v) is 16.1. The van der Waals surface area contributed by atoms with Crippen LogP contribution < -0.4 is 88.0 Å². The molecule has 26 N–H and O–H groups in total. The third-order valence-corrected chi connectivity index (χ3v) is 23.4. The Bertz CT molecular complexity index is 3920. The molecule has 0 radical (unpaired) electrons. The van der Waals surface area contributed by atoms with Gasteiger partial charge in [0, 0.05) is 52.2 Å². The SMILES string of the molecule is CC[C@H](C)[C@H](N)C(=O)N[C@@H](CCCN=C(N)N)C(=O)N[C@H](C(=O)N1CCC[C@H]1C(=O)N1CCC[C@H]1C(=O)N[C@@H](Cc1ccc(O)cc1)C(=O)N[C@@H](CCCN=C(N)N)C(=O)N1CCC[C@H]1C(=O)N1CCC[C@H]1C(=O)N[C@@H](CC(N)=O)C(=O)N[C@@H](C)C(=O)N1CCC[C@H]1C(=O)N[C@H](C(=O)N[C@@H](CC(C)C)C(=O)N[C@@H](CCCCN)C(=O)O)[C@@H](C)CC)[C@@H](C)O. The summed E-state index contributed by atoms with van der Waals surface area (Å²) in [5, 5.41) is 55.2. The number of nitrogens with two attached hydrogens (primary N) is 7. The number of aromatic hydroxyl groups is 1. The van der Waals surface area contributed by atoms with Gasteiger partial charge in [0.1, 0.15) is 90.3 Å². The molecule has 42 nitrogen and oxygen atoms in total. The molecule has 1 aromatic carbocycles. The first-order chi connectivity index (χ1) is 58.2. The number of aliphatic hydroxyl groups is 1. The number of nitrogens with zero attached hydrogens (tertiary/aromatic N) is 7. The molecule has 0 saturated carbocycles. The molecule has 5 aliphatic rings. The van der Waals surface area contributed by atoms with Gasteiger partial charge in [0.05, 0.1) is 18.6 Å². The average molecular weight is 1730 g/mol. The molecule has 15 amide bonds. The fraction of sp³-hybridized carbons (Fsp3) is 0.704. The number of amides is 15. The van der Waals surface area contributed by atoms with Gasteiger partial charge in [0.15, 0.2) is 11.9 Å². The molecule has 5 heterocycles. The maximum Gasteiger partial charge on any atom is 0.326 e. The maximum absolute atomic E-state index is 15.2. The minimum atomic E-state index is -1.71. The van der Waals surface area contributed by atoms with E-state index in [0.29, 0.717) is 57.1 Å². The lowest BCUT2D eigenvalue weighted by Gasteiger charge is -2.34. The molecule has 6 rings (SSSR count). The number of carbonyl (C=O) groups is 16. The highest BCUT2D eigenvalue weighted by Gasteiger charge is 2.49. The highest BCUT2D eigenvalue weighted by atomic mass is 16.4. The van der Waals surface area contributed by atoms with Crippen molar-refractivity contribution in [2.24, 2.45) is 67.9 Å². The number of nitrogens with one attached hydrogen (secondary N) is 9. The molecular formula is C81H133N23O19. The molecule has 0 unspecified atom stereocenters. The van der Waals surface area contributed by atoms with Gasteiger partial charge >= 0.3 is 5.97 Å². The quantitative estimate of drug-likeness (QED) is 0.0166. The van der Waals surface area contributed by atoms with Crippen molar-refractivity contribution in [1.82, 2.24) is 72.4 Å². The van der Waals surface area contributed by atoms with E-state index in [4.69, 9.17) is 40.1 Å². The average Bonchev–Trinajstić information content (AvgIpc) is 1.68. The van der Waals surface area contributed by atoms with Crippen LogP contribution in [-0.2, 0) is 83.1 Å². The Morgan fingerprint density at radius 1 is 0.447 bits per heavy atom. The molecule has 5 aliphatic heterocycles. The predicted octanol–water partition coefficient (Wildman–Crippen LogP) is -4.68. The smallest absolute Gasteiger partial charge is 0.326 e. The van der Waals surface area contributed by atoms with Gasteiger partial charge in [-0.15, -0.1) is 0 Å². The number of rotatable bonds is 47. The number of aliphatic imine (C=N–C) groups is 2. The first-order valence-electron chi connectivity index (χ1n) is 43.0. The molecule has 5 fully saturated rings. The van der Waals surface area contributed by atoms with Crippen molar-refractivity contribution >= 4 is 106 Å². The van der Waals surface area contributed by atoms with Crippen molar-refractivity contribution in [2.75, 3.05) is 52.4 Å². The van der Waals surface area contributed by atoms with E-state index in [1.807, 2.05) is 20.8 Å². The van der Waals surface area contributed by atoms with Crippen LogP contribution in [-0.4, -0.2) is 295 Å². The van der Waals surface area contributed by atoms with Crippen molar-refractivity contribution in [1.29, 1.82) is 0 Å². The maximum atomic E-state index is 15.2. The summed E-state index contributed by atoms with van der Waals surface area (Å²) in [5.74, 6) is -14.5. The molecule has 0 aromatic heterocycles. The van der Waals surface area contributed by atoms with Crippen LogP contribution in [0.5, 0.6) is 5.75 Å². The zero-order valence-electron chi connectivity index (χ0n) is 72.0. The summed E-state index contributed by atoms with van der Waals surface area (Å²) >= 11 is 0. The van der Waals surface area contributed by atoms with Crippen molar-refractivity contribution < 1.29 is 92.0 Å². The van der Waals surface area contributed by atoms with Gasteiger partial charge in [-0.05, 0) is 171 Å². The Hall–Kier alpha value is -11.0. The molecular weight excluding hydrogens is 1600 g/mol. The number of hydrogen-bond acceptors (Lipinski definition) is 22. The zero-order chi connectivity index (χ0) is 91.2. The van der Waals surface area contributed by atoms with E-state index >= 15 is 14.4 Å². The second-order valence-electron chi connectivity index (χ2n) is 33.2. The molecule has 123 heavy (non-hydrogen) atoms. The van der Waals surface area contributed by atoms with E-state index in [9.17, 15) is 77.6 Å². The first-order valence-corrected chi connectivity index (χ1v) is 43.0. The van der Waals surface area contributed by atoms with Gasteiger partial charge in [-0.3, -0.25) is 81.9 Å². The summed E-state index contributed by atoms with van der Waals surface area (Å²) in [6.07, 6.45) is 1.88. The van der Waals surface area contributed by atoms with E-state index in [2.05, 4.69) is 57.8 Å². The summed E-state index contributed by atoms with van der Waals surface area (Å²) in [4.78, 5) is 241. The van der Waals surface area contributed by atoms with Gasteiger partial charge < -0.3 is 128 Å². The number of guanidine groups is 2. The van der Waals surface area contributed by atoms with Crippen LogP contribution in [0.4, 0.5) is 0 Å². The van der Waals surface area contributed by atoms with E-state index in [1.54, 1.807) is 20.8 Å². The summed E-state index contributed by atoms with van der Waals surface area (Å²) in [7, 11) is 0. The number of hydrogen-bond donors (Lipinski definition) is 19. The first kappa shape index (κ1) is 101. The second-order valence-corrected chi connectivity index (χ2v) is 33.2. The number of carboxylic acids is 1. The van der Waals surface area contributed by atoms with Crippen molar-refractivity contribution in [3.63, 3.8) is 0 Å². The molecule has 0 bridgehead atoms. The van der Waals surface area contributed by atoms with Gasteiger partial charge in [-0.1, -0.05) is 66.5 Å². The van der Waals surface area contributed by atoms with Crippen LogP contribution >= 0.6 is 0 Å². The predicted molar refractivity (Wildman–Crippen MR) is 451 cm³/mol. The third-order valence-electron chi connectivity index (χ3n) is 23.4. The topological polar surface area (TPSA) is 665 Å². The second kappa shape index (κ2) is 48.7. The van der Waals surface area contributed by atoms with Crippen molar-refractivity contribution in [3.05, 3.63) is 29.8 Å². The number of aliphatic carboxylic acids is 1. The van der Waals surface area contributed by atoms with Gasteiger partial charge in [-0.2, -0.15) is 0 Å². The van der Waals surface area contributed by atoms with Gasteiger partial charge in [0.2, 0.25) is 88.6 Å². The normalized spacial score (nSPS) is 20.7. The Morgan fingerprint density at radius 3 is 1.36 bits per heavy atom. The highest BCUT2D eigenvalue weighted by Crippen LogP contribution is 2.30. The lowest BCUT2D eigenvalue weighted by Crippen LogP contribution is -2.61. The van der Waals surface area contributed by atoms with E-state index in [1.165, 1.54) is 62.6 Å². The van der Waals surface area contributed by atoms with Gasteiger partial charge in [-0.25, -0.2) is 4.79 Å². The molecule has 42 heteroatoms. The zero-order valence-corrected chi connectivity index (χ0v) is 72.0. The lowest BCUT2D eigenvalue weighted by atomic mass is 9.96. The Balaban J connectivity index is 1.15. The van der Waals surface area contributed by atoms with Crippen molar-refractivity contribution in [3.8, 4) is 5.75 Å². The van der Waals surface area contributed by atoms with E-state index in [-0.39, 0.29) is 165 Å². The lowest BCUT2D eigenvalue weighted by molar-refractivity contribution is -0.149. The molecule has 0 spiro atoms. The van der Waals surface area contributed by atoms with Crippen LogP contribution in [0.1, 0.15) is 196 Å². The summed E-state index contributed by atoms with van der Waals surface area (Å²) in [6, 6.07) is -13.8. The van der Waals surface area contributed by atoms with E-state index in [0.717, 1.165) is 0 Å². The Labute approximate surface area is 717 Å². The van der Waals surface area contributed by atoms with E-state index < -0.39 is 204 Å². The Morgan fingerprint density at radius 2 is 0.870 bits per heavy atom. The summed E-state index contributed by atoms with van der Waals surface area (Å²) < 4.78 is 0. The minimum Gasteiger partial charge on any atom is -0.508 e. The number of unbranched alkanes of at least 4 members (excludes halogenated alkanes) is 1. The van der Waals surface area contributed by atoms with Crippen LogP contribution in [0.3, 0.4) is 0 Å². The number of benzene rings is 1. The standard InChI is InChI=1S/C81H133N23O19/c1-9-44(5)62(84)72(115)92-50(21-13-33-89-80(85)86)65(108)99-64(47(8)105)78(121)104-39-19-27-60(104)77(120)102-37-16-23-56(102)69(112)95-54(41-48-28-30-49(106)31-29-48)68(111)93-51(22-14-34-90-81(87)88)75(118)103-38-18-26-59(103)76(119)101-36-17-24-57(101)70(113)96-55(42-61(83)107)66(109)91-46(7)74(117)100-35-15-25-58(100)71(114)98-63(45(6)10-2)73(116)97-53(40-43(3)4)67(110)94-52(79(122)123)20-11-12-32-82/h28-31,43-47,50-60,62-64,105-106H,9-27,32-42,82,84H2,1-8H3,(H2,83,107)(H,91,109)(H,92,115)(H,93,111)(H,94,110)(H,95,112)(H,96,113)(H,97,116)(H,98,114)(H,99,108)(H,122,123)(H4,85,86,89)(H4,87,88,90)/t44-,45-,46-,47+,50-,51-,52-,53-,54-,55-,56-,57-,58-,59-,60-,62-,63-,64-/m0/s1. The largest absolute Gasteiger partial charge is 0.508 e. The number of carbonyl (C=O) groups excluding carboxylic acids is 15. The van der Waals surface area contributed by atoms with Crippen LogP contribution in [0, 0.1) is 17.8 Å². The third kappa shape index (κ3) is 29.3. The monoisotopic (exact) mass is 1730 g/mol.